The maximum Gasteiger partial charge on any atom is 0.246 e. The lowest BCUT2D eigenvalue weighted by atomic mass is 10.1. The molecule has 1 aliphatic heterocycles. The zero-order valence-corrected chi connectivity index (χ0v) is 18.9. The summed E-state index contributed by atoms with van der Waals surface area (Å²) in [6.07, 6.45) is 3.51. The van der Waals surface area contributed by atoms with Gasteiger partial charge in [0.25, 0.3) is 0 Å². The fourth-order valence-electron chi connectivity index (χ4n) is 3.68. The van der Waals surface area contributed by atoms with Crippen LogP contribution < -0.4 is 14.8 Å². The van der Waals surface area contributed by atoms with Gasteiger partial charge in [-0.25, -0.2) is 8.42 Å². The molecule has 0 radical (unpaired) electrons. The summed E-state index contributed by atoms with van der Waals surface area (Å²) in [6, 6.07) is 12.4. The third-order valence-electron chi connectivity index (χ3n) is 5.27. The number of anilines is 1. The molecule has 31 heavy (non-hydrogen) atoms. The monoisotopic (exact) mass is 446 g/mol. The summed E-state index contributed by atoms with van der Waals surface area (Å²) >= 11 is 0. The maximum atomic E-state index is 13.1. The molecule has 2 aromatic rings. The predicted molar refractivity (Wildman–Crippen MR) is 120 cm³/mol. The van der Waals surface area contributed by atoms with E-state index in [9.17, 15) is 13.2 Å². The molecule has 0 bridgehead atoms. The van der Waals surface area contributed by atoms with Crippen LogP contribution in [0.25, 0.3) is 0 Å². The van der Waals surface area contributed by atoms with Crippen molar-refractivity contribution >= 4 is 21.6 Å². The van der Waals surface area contributed by atoms with Gasteiger partial charge in [-0.05, 0) is 56.0 Å². The van der Waals surface area contributed by atoms with Gasteiger partial charge < -0.3 is 14.8 Å². The zero-order valence-electron chi connectivity index (χ0n) is 18.1. The van der Waals surface area contributed by atoms with Gasteiger partial charge in [-0.1, -0.05) is 24.6 Å². The number of methoxy groups -OCH3 is 1. The molecular weight excluding hydrogens is 416 g/mol. The van der Waals surface area contributed by atoms with E-state index in [1.807, 2.05) is 31.2 Å². The van der Waals surface area contributed by atoms with Gasteiger partial charge in [-0.3, -0.25) is 4.79 Å². The highest BCUT2D eigenvalue weighted by atomic mass is 32.2. The second kappa shape index (κ2) is 10.6. The van der Waals surface area contributed by atoms with Gasteiger partial charge in [0.2, 0.25) is 15.9 Å². The number of benzene rings is 2. The first kappa shape index (κ1) is 23.1. The number of hydrogen-bond donors (Lipinski definition) is 1. The highest BCUT2D eigenvalue weighted by Gasteiger charge is 2.29. The minimum atomic E-state index is -3.69. The van der Waals surface area contributed by atoms with Gasteiger partial charge in [-0.2, -0.15) is 4.31 Å². The Morgan fingerprint density at radius 1 is 1.06 bits per heavy atom. The SMILES string of the molecule is CCOc1ccccc1CCC(=O)Nc1ccc(OC)c(S(=O)(=O)N2CCCCC2)c1. The summed E-state index contributed by atoms with van der Waals surface area (Å²) in [7, 11) is -2.25. The van der Waals surface area contributed by atoms with Gasteiger partial charge in [0.05, 0.1) is 13.7 Å². The van der Waals surface area contributed by atoms with E-state index in [0.717, 1.165) is 30.6 Å². The Bertz CT molecular complexity index is 1000. The number of piperidine rings is 1. The van der Waals surface area contributed by atoms with Crippen LogP contribution in [-0.2, 0) is 21.2 Å². The van der Waals surface area contributed by atoms with Crippen LogP contribution in [0.4, 0.5) is 5.69 Å². The molecule has 0 aliphatic carbocycles. The van der Waals surface area contributed by atoms with Gasteiger partial charge >= 0.3 is 0 Å². The number of hydrogen-bond acceptors (Lipinski definition) is 5. The lowest BCUT2D eigenvalue weighted by Gasteiger charge is -2.26. The van der Waals surface area contributed by atoms with Crippen LogP contribution in [0.15, 0.2) is 47.4 Å². The summed E-state index contributed by atoms with van der Waals surface area (Å²) in [5.74, 6) is 0.851. The van der Waals surface area contributed by atoms with Gasteiger partial charge in [0.1, 0.15) is 16.4 Å². The number of carbonyl (C=O) groups is 1. The third-order valence-corrected chi connectivity index (χ3v) is 7.19. The lowest BCUT2D eigenvalue weighted by Crippen LogP contribution is -2.35. The maximum absolute atomic E-state index is 13.1. The number of nitrogens with zero attached hydrogens (tertiary/aromatic N) is 1. The fraction of sp³-hybridized carbons (Fsp3) is 0.435. The number of para-hydroxylation sites is 1. The van der Waals surface area contributed by atoms with E-state index in [1.165, 1.54) is 17.5 Å². The number of nitrogens with one attached hydrogen (secondary N) is 1. The molecule has 0 aromatic heterocycles. The topological polar surface area (TPSA) is 84.9 Å². The zero-order chi connectivity index (χ0) is 22.3. The number of rotatable bonds is 9. The van der Waals surface area contributed by atoms with Gasteiger partial charge in [0.15, 0.2) is 0 Å². The molecule has 0 saturated carbocycles. The number of aryl methyl sites for hydroxylation is 1. The number of sulfonamides is 1. The summed E-state index contributed by atoms with van der Waals surface area (Å²) in [5.41, 5.74) is 1.39. The molecule has 1 heterocycles. The van der Waals surface area contributed by atoms with Crippen molar-refractivity contribution in [2.24, 2.45) is 0 Å². The molecule has 2 aromatic carbocycles. The van der Waals surface area contributed by atoms with Crippen LogP contribution in [0.1, 0.15) is 38.2 Å². The Hall–Kier alpha value is -2.58. The highest BCUT2D eigenvalue weighted by Crippen LogP contribution is 2.31. The smallest absolute Gasteiger partial charge is 0.246 e. The Labute approximate surface area is 184 Å². The Kier molecular flexibility index (Phi) is 7.92. The first-order chi connectivity index (χ1) is 15.0. The molecule has 3 rings (SSSR count). The molecule has 1 saturated heterocycles. The molecule has 0 atom stereocenters. The first-order valence-corrected chi connectivity index (χ1v) is 12.1. The summed E-state index contributed by atoms with van der Waals surface area (Å²) in [4.78, 5) is 12.6. The molecule has 8 heteroatoms. The number of carbonyl (C=O) groups excluding carboxylic acids is 1. The van der Waals surface area contributed by atoms with Crippen LogP contribution in [-0.4, -0.2) is 45.4 Å². The molecule has 0 unspecified atom stereocenters. The van der Waals surface area contributed by atoms with Crippen molar-refractivity contribution < 1.29 is 22.7 Å². The van der Waals surface area contributed by atoms with Crippen LogP contribution in [0.3, 0.4) is 0 Å². The molecular formula is C23H30N2O5S. The van der Waals surface area contributed by atoms with E-state index in [2.05, 4.69) is 5.32 Å². The molecule has 1 fully saturated rings. The van der Waals surface area contributed by atoms with E-state index < -0.39 is 10.0 Å². The molecule has 1 aliphatic rings. The van der Waals surface area contributed by atoms with Crippen LogP contribution in [0.2, 0.25) is 0 Å². The van der Waals surface area contributed by atoms with Crippen molar-refractivity contribution in [3.63, 3.8) is 0 Å². The molecule has 7 nitrogen and oxygen atoms in total. The fourth-order valence-corrected chi connectivity index (χ4v) is 5.38. The van der Waals surface area contributed by atoms with E-state index in [1.54, 1.807) is 12.1 Å². The normalized spacial score (nSPS) is 14.8. The van der Waals surface area contributed by atoms with E-state index in [0.29, 0.717) is 31.8 Å². The van der Waals surface area contributed by atoms with Crippen LogP contribution in [0, 0.1) is 0 Å². The Morgan fingerprint density at radius 3 is 2.52 bits per heavy atom. The number of amides is 1. The van der Waals surface area contributed by atoms with Crippen LogP contribution >= 0.6 is 0 Å². The Morgan fingerprint density at radius 2 is 1.81 bits per heavy atom. The first-order valence-electron chi connectivity index (χ1n) is 10.6. The van der Waals surface area contributed by atoms with E-state index in [-0.39, 0.29) is 23.0 Å². The van der Waals surface area contributed by atoms with Crippen molar-refractivity contribution in [1.29, 1.82) is 0 Å². The van der Waals surface area contributed by atoms with Crippen molar-refractivity contribution in [3.8, 4) is 11.5 Å². The standard InChI is InChI=1S/C23H30N2O5S/c1-3-30-20-10-6-5-9-18(20)11-14-23(26)24-19-12-13-21(29-2)22(17-19)31(27,28)25-15-7-4-8-16-25/h5-6,9-10,12-13,17H,3-4,7-8,11,14-16H2,1-2H3,(H,24,26). The van der Waals surface area contributed by atoms with Crippen molar-refractivity contribution in [2.45, 2.75) is 43.9 Å². The molecule has 0 spiro atoms. The second-order valence-electron chi connectivity index (χ2n) is 7.42. The minimum Gasteiger partial charge on any atom is -0.495 e. The van der Waals surface area contributed by atoms with E-state index >= 15 is 0 Å². The van der Waals surface area contributed by atoms with Crippen molar-refractivity contribution in [1.82, 2.24) is 4.31 Å². The van der Waals surface area contributed by atoms with E-state index in [4.69, 9.17) is 9.47 Å². The predicted octanol–water partition coefficient (Wildman–Crippen LogP) is 3.84. The third kappa shape index (κ3) is 5.77. The van der Waals surface area contributed by atoms with Crippen LogP contribution in [0.5, 0.6) is 11.5 Å². The second-order valence-corrected chi connectivity index (χ2v) is 9.33. The molecule has 1 N–H and O–H groups in total. The van der Waals surface area contributed by atoms with Gasteiger partial charge in [0, 0.05) is 25.2 Å². The highest BCUT2D eigenvalue weighted by molar-refractivity contribution is 7.89. The summed E-state index contributed by atoms with van der Waals surface area (Å²) in [5, 5.41) is 2.81. The summed E-state index contributed by atoms with van der Waals surface area (Å²) in [6.45, 7) is 3.48. The minimum absolute atomic E-state index is 0.0800. The quantitative estimate of drug-likeness (QED) is 0.633. The van der Waals surface area contributed by atoms with Crippen molar-refractivity contribution in [2.75, 3.05) is 32.1 Å². The number of ether oxygens (including phenoxy) is 2. The van der Waals surface area contributed by atoms with Crippen molar-refractivity contribution in [3.05, 3.63) is 48.0 Å². The molecule has 1 amide bonds. The Balaban J connectivity index is 1.72. The lowest BCUT2D eigenvalue weighted by molar-refractivity contribution is -0.116. The molecule has 168 valence electrons. The average Bonchev–Trinajstić information content (AvgIpc) is 2.79. The van der Waals surface area contributed by atoms with Gasteiger partial charge in [-0.15, -0.1) is 0 Å². The summed E-state index contributed by atoms with van der Waals surface area (Å²) < 4.78 is 38.7. The average molecular weight is 447 g/mol. The largest absolute Gasteiger partial charge is 0.495 e.